The lowest BCUT2D eigenvalue weighted by molar-refractivity contribution is -0.388. The van der Waals surface area contributed by atoms with Crippen molar-refractivity contribution in [2.24, 2.45) is 0 Å². The van der Waals surface area contributed by atoms with Crippen LogP contribution in [0.4, 0.5) is 11.5 Å². The molecule has 0 aliphatic rings. The zero-order valence-electron chi connectivity index (χ0n) is 9.08. The van der Waals surface area contributed by atoms with Crippen LogP contribution in [0.1, 0.15) is 10.7 Å². The van der Waals surface area contributed by atoms with Gasteiger partial charge in [0, 0.05) is 11.1 Å². The van der Waals surface area contributed by atoms with Crippen molar-refractivity contribution in [1.29, 1.82) is 0 Å². The SMILES string of the molecule is Cc1csc(CNc2cccnc2[N+](=O)[O-])n1. The van der Waals surface area contributed by atoms with Crippen LogP contribution in [0.15, 0.2) is 23.7 Å². The molecule has 0 spiro atoms. The van der Waals surface area contributed by atoms with Gasteiger partial charge in [0.05, 0.1) is 6.54 Å². The fourth-order valence-corrected chi connectivity index (χ4v) is 2.05. The molecule has 2 aromatic heterocycles. The molecule has 0 atom stereocenters. The third-order valence-corrected chi connectivity index (χ3v) is 3.02. The molecule has 0 fully saturated rings. The summed E-state index contributed by atoms with van der Waals surface area (Å²) in [5, 5.41) is 16.5. The van der Waals surface area contributed by atoms with Gasteiger partial charge < -0.3 is 15.4 Å². The number of aromatic nitrogens is 2. The number of aryl methyl sites for hydroxylation is 1. The summed E-state index contributed by atoms with van der Waals surface area (Å²) in [7, 11) is 0. The van der Waals surface area contributed by atoms with Crippen LogP contribution in [0, 0.1) is 17.0 Å². The first kappa shape index (κ1) is 11.5. The zero-order chi connectivity index (χ0) is 12.3. The van der Waals surface area contributed by atoms with E-state index in [-0.39, 0.29) is 5.82 Å². The van der Waals surface area contributed by atoms with Crippen molar-refractivity contribution >= 4 is 22.8 Å². The highest BCUT2D eigenvalue weighted by Gasteiger charge is 2.13. The maximum atomic E-state index is 10.7. The molecule has 0 saturated carbocycles. The lowest BCUT2D eigenvalue weighted by Crippen LogP contribution is -2.03. The maximum Gasteiger partial charge on any atom is 0.386 e. The molecular formula is C10H10N4O2S. The number of hydrogen-bond donors (Lipinski definition) is 1. The third-order valence-electron chi connectivity index (χ3n) is 2.06. The van der Waals surface area contributed by atoms with Crippen molar-refractivity contribution < 1.29 is 4.92 Å². The van der Waals surface area contributed by atoms with Crippen molar-refractivity contribution in [2.75, 3.05) is 5.32 Å². The summed E-state index contributed by atoms with van der Waals surface area (Å²) in [6.45, 7) is 2.37. The monoisotopic (exact) mass is 250 g/mol. The first-order valence-electron chi connectivity index (χ1n) is 4.91. The summed E-state index contributed by atoms with van der Waals surface area (Å²) >= 11 is 1.52. The van der Waals surface area contributed by atoms with Gasteiger partial charge in [-0.25, -0.2) is 4.98 Å². The molecule has 7 heteroatoms. The average molecular weight is 250 g/mol. The minimum atomic E-state index is -0.505. The van der Waals surface area contributed by atoms with Gasteiger partial charge in [0.15, 0.2) is 0 Å². The Morgan fingerprint density at radius 3 is 3.06 bits per heavy atom. The smallest absolute Gasteiger partial charge is 0.372 e. The van der Waals surface area contributed by atoms with Crippen LogP contribution in [0.5, 0.6) is 0 Å². The summed E-state index contributed by atoms with van der Waals surface area (Å²) in [5.74, 6) is -0.166. The van der Waals surface area contributed by atoms with Crippen molar-refractivity contribution in [1.82, 2.24) is 9.97 Å². The van der Waals surface area contributed by atoms with Crippen molar-refractivity contribution in [3.8, 4) is 0 Å². The van der Waals surface area contributed by atoms with E-state index in [4.69, 9.17) is 0 Å². The molecule has 17 heavy (non-hydrogen) atoms. The summed E-state index contributed by atoms with van der Waals surface area (Å²) in [6.07, 6.45) is 1.40. The third kappa shape index (κ3) is 2.76. The van der Waals surface area contributed by atoms with E-state index in [1.54, 1.807) is 12.1 Å². The molecule has 0 saturated heterocycles. The topological polar surface area (TPSA) is 81.0 Å². The average Bonchev–Trinajstić information content (AvgIpc) is 2.73. The predicted molar refractivity (Wildman–Crippen MR) is 65.1 cm³/mol. The quantitative estimate of drug-likeness (QED) is 0.665. The van der Waals surface area contributed by atoms with E-state index in [0.29, 0.717) is 12.2 Å². The largest absolute Gasteiger partial charge is 0.386 e. The van der Waals surface area contributed by atoms with Gasteiger partial charge in [0.2, 0.25) is 0 Å². The first-order chi connectivity index (χ1) is 8.16. The highest BCUT2D eigenvalue weighted by molar-refractivity contribution is 7.09. The lowest BCUT2D eigenvalue weighted by atomic mass is 10.4. The molecular weight excluding hydrogens is 240 g/mol. The van der Waals surface area contributed by atoms with Gasteiger partial charge >= 0.3 is 5.82 Å². The van der Waals surface area contributed by atoms with E-state index in [1.807, 2.05) is 12.3 Å². The van der Waals surface area contributed by atoms with E-state index < -0.39 is 4.92 Å². The van der Waals surface area contributed by atoms with Crippen LogP contribution < -0.4 is 5.32 Å². The molecule has 2 aromatic rings. The van der Waals surface area contributed by atoms with Gasteiger partial charge in [-0.05, 0) is 29.0 Å². The molecule has 0 bridgehead atoms. The number of rotatable bonds is 4. The zero-order valence-corrected chi connectivity index (χ0v) is 9.90. The minimum Gasteiger partial charge on any atom is -0.372 e. The number of nitro groups is 1. The van der Waals surface area contributed by atoms with E-state index in [9.17, 15) is 10.1 Å². The number of thiazole rings is 1. The molecule has 1 N–H and O–H groups in total. The highest BCUT2D eigenvalue weighted by Crippen LogP contribution is 2.21. The Kier molecular flexibility index (Phi) is 3.29. The molecule has 88 valence electrons. The Bertz CT molecular complexity index is 541. The molecule has 0 aliphatic carbocycles. The van der Waals surface area contributed by atoms with Crippen LogP contribution in [-0.2, 0) is 6.54 Å². The molecule has 6 nitrogen and oxygen atoms in total. The fourth-order valence-electron chi connectivity index (χ4n) is 1.34. The Balaban J connectivity index is 2.11. The molecule has 2 rings (SSSR count). The van der Waals surface area contributed by atoms with Gasteiger partial charge in [-0.15, -0.1) is 11.3 Å². The van der Waals surface area contributed by atoms with Gasteiger partial charge in [-0.3, -0.25) is 0 Å². The molecule has 0 unspecified atom stereocenters. The number of pyridine rings is 1. The van der Waals surface area contributed by atoms with Crippen LogP contribution in [0.3, 0.4) is 0 Å². The lowest BCUT2D eigenvalue weighted by Gasteiger charge is -2.03. The van der Waals surface area contributed by atoms with Crippen LogP contribution in [0.25, 0.3) is 0 Å². The van der Waals surface area contributed by atoms with Gasteiger partial charge in [-0.2, -0.15) is 0 Å². The van der Waals surface area contributed by atoms with Crippen molar-refractivity contribution in [3.05, 3.63) is 44.5 Å². The summed E-state index contributed by atoms with van der Waals surface area (Å²) in [6, 6.07) is 3.29. The molecule has 0 radical (unpaired) electrons. The Labute approximate surface area is 102 Å². The molecule has 0 aliphatic heterocycles. The second-order valence-electron chi connectivity index (χ2n) is 3.37. The molecule has 2 heterocycles. The van der Waals surface area contributed by atoms with E-state index in [0.717, 1.165) is 10.7 Å². The minimum absolute atomic E-state index is 0.166. The van der Waals surface area contributed by atoms with E-state index in [1.165, 1.54) is 17.5 Å². The predicted octanol–water partition coefficient (Wildman–Crippen LogP) is 2.37. The number of anilines is 1. The van der Waals surface area contributed by atoms with E-state index >= 15 is 0 Å². The molecule has 0 amide bonds. The maximum absolute atomic E-state index is 10.7. The normalized spacial score (nSPS) is 10.2. The van der Waals surface area contributed by atoms with Crippen LogP contribution in [0.2, 0.25) is 0 Å². The second kappa shape index (κ2) is 4.88. The molecule has 0 aromatic carbocycles. The summed E-state index contributed by atoms with van der Waals surface area (Å²) in [5.41, 5.74) is 1.36. The van der Waals surface area contributed by atoms with Crippen molar-refractivity contribution in [3.63, 3.8) is 0 Å². The fraction of sp³-hybridized carbons (Fsp3) is 0.200. The van der Waals surface area contributed by atoms with Gasteiger partial charge in [0.1, 0.15) is 16.9 Å². The first-order valence-corrected chi connectivity index (χ1v) is 5.79. The number of nitrogens with zero attached hydrogens (tertiary/aromatic N) is 3. The van der Waals surface area contributed by atoms with Gasteiger partial charge in [-0.1, -0.05) is 0 Å². The number of nitrogens with one attached hydrogen (secondary N) is 1. The number of hydrogen-bond acceptors (Lipinski definition) is 6. The highest BCUT2D eigenvalue weighted by atomic mass is 32.1. The standard InChI is InChI=1S/C10H10N4O2S/c1-7-6-17-9(13-7)5-12-8-3-2-4-11-10(8)14(15)16/h2-4,6,12H,5H2,1H3. The Hall–Kier alpha value is -2.02. The van der Waals surface area contributed by atoms with Crippen LogP contribution >= 0.6 is 11.3 Å². The van der Waals surface area contributed by atoms with Crippen molar-refractivity contribution in [2.45, 2.75) is 13.5 Å². The Morgan fingerprint density at radius 2 is 2.41 bits per heavy atom. The summed E-state index contributed by atoms with van der Waals surface area (Å²) < 4.78 is 0. The van der Waals surface area contributed by atoms with Crippen LogP contribution in [-0.4, -0.2) is 14.9 Å². The van der Waals surface area contributed by atoms with Gasteiger partial charge in [0.25, 0.3) is 0 Å². The van der Waals surface area contributed by atoms with E-state index in [2.05, 4.69) is 15.3 Å². The Morgan fingerprint density at radius 1 is 1.59 bits per heavy atom. The summed E-state index contributed by atoms with van der Waals surface area (Å²) in [4.78, 5) is 18.2. The second-order valence-corrected chi connectivity index (χ2v) is 4.31.